The molecule has 0 aromatic carbocycles. The fourth-order valence-corrected chi connectivity index (χ4v) is 3.56. The van der Waals surface area contributed by atoms with Crippen LogP contribution in [0.4, 0.5) is 0 Å². The van der Waals surface area contributed by atoms with E-state index in [-0.39, 0.29) is 0 Å². The first kappa shape index (κ1) is 10.6. The van der Waals surface area contributed by atoms with Crippen LogP contribution in [0.15, 0.2) is 0 Å². The van der Waals surface area contributed by atoms with Gasteiger partial charge in [0.05, 0.1) is 0 Å². The summed E-state index contributed by atoms with van der Waals surface area (Å²) in [4.78, 5) is 0. The fourth-order valence-electron chi connectivity index (χ4n) is 2.19. The van der Waals surface area contributed by atoms with E-state index in [0.717, 1.165) is 30.0 Å². The summed E-state index contributed by atoms with van der Waals surface area (Å²) >= 11 is 0. The van der Waals surface area contributed by atoms with E-state index in [0.29, 0.717) is 0 Å². The third kappa shape index (κ3) is 3.70. The second kappa shape index (κ2) is 5.26. The minimum absolute atomic E-state index is 0.561. The third-order valence-electron chi connectivity index (χ3n) is 3.24. The molecule has 14 heavy (non-hydrogen) atoms. The molecule has 0 aliphatic heterocycles. The highest BCUT2D eigenvalue weighted by Crippen LogP contribution is 2.25. The van der Waals surface area contributed by atoms with Crippen molar-refractivity contribution in [2.45, 2.75) is 44.6 Å². The topological polar surface area (TPSA) is 29.1 Å². The summed E-state index contributed by atoms with van der Waals surface area (Å²) < 4.78 is 11.7. The molecule has 0 saturated heterocycles. The van der Waals surface area contributed by atoms with Gasteiger partial charge in [-0.05, 0) is 31.6 Å². The molecule has 0 spiro atoms. The predicted molar refractivity (Wildman–Crippen MR) is 60.9 cm³/mol. The van der Waals surface area contributed by atoms with Crippen molar-refractivity contribution in [1.29, 1.82) is 0 Å². The molecule has 82 valence electrons. The number of hydrogen-bond donors (Lipinski definition) is 1. The van der Waals surface area contributed by atoms with Crippen molar-refractivity contribution >= 4 is 10.8 Å². The Morgan fingerprint density at radius 2 is 1.86 bits per heavy atom. The van der Waals surface area contributed by atoms with Crippen LogP contribution in [0.3, 0.4) is 0 Å². The highest BCUT2D eigenvalue weighted by molar-refractivity contribution is 7.85. The van der Waals surface area contributed by atoms with Gasteiger partial charge >= 0.3 is 0 Å². The van der Waals surface area contributed by atoms with Crippen LogP contribution in [0.2, 0.25) is 0 Å². The summed E-state index contributed by atoms with van der Waals surface area (Å²) in [7, 11) is -0.561. The van der Waals surface area contributed by atoms with Gasteiger partial charge in [-0.1, -0.05) is 12.8 Å². The number of rotatable bonds is 6. The van der Waals surface area contributed by atoms with E-state index in [1.807, 2.05) is 0 Å². The Labute approximate surface area is 89.3 Å². The van der Waals surface area contributed by atoms with Crippen LogP contribution in [0.1, 0.15) is 38.5 Å². The molecule has 1 atom stereocenters. The maximum Gasteiger partial charge on any atom is 0.0360 e. The summed E-state index contributed by atoms with van der Waals surface area (Å²) in [6.07, 6.45) is 8.03. The van der Waals surface area contributed by atoms with Gasteiger partial charge in [0.25, 0.3) is 0 Å². The van der Waals surface area contributed by atoms with Crippen LogP contribution in [0, 0.1) is 5.92 Å². The molecule has 3 heteroatoms. The van der Waals surface area contributed by atoms with Crippen molar-refractivity contribution in [3.63, 3.8) is 0 Å². The molecule has 2 rings (SSSR count). The highest BCUT2D eigenvalue weighted by Gasteiger charge is 2.21. The second-order valence-corrected chi connectivity index (χ2v) is 6.31. The largest absolute Gasteiger partial charge is 0.313 e. The standard InChI is InChI=1S/C11H21NOS/c13-14(8-7-12-11-5-6-11)9-10-3-1-2-4-10/h10-12H,1-9H2. The number of nitrogens with one attached hydrogen (secondary N) is 1. The van der Waals surface area contributed by atoms with Crippen LogP contribution >= 0.6 is 0 Å². The van der Waals surface area contributed by atoms with Crippen LogP contribution in [0.5, 0.6) is 0 Å². The van der Waals surface area contributed by atoms with Gasteiger partial charge in [0.15, 0.2) is 0 Å². The minimum Gasteiger partial charge on any atom is -0.313 e. The molecule has 0 heterocycles. The first-order valence-electron chi connectivity index (χ1n) is 5.93. The van der Waals surface area contributed by atoms with Gasteiger partial charge < -0.3 is 5.32 Å². The summed E-state index contributed by atoms with van der Waals surface area (Å²) in [6.45, 7) is 0.962. The average molecular weight is 215 g/mol. The van der Waals surface area contributed by atoms with Crippen molar-refractivity contribution in [3.05, 3.63) is 0 Å². The average Bonchev–Trinajstić information content (AvgIpc) is 2.83. The Morgan fingerprint density at radius 3 is 2.50 bits per heavy atom. The SMILES string of the molecule is O=S(CCNC1CC1)CC1CCCC1. The molecular formula is C11H21NOS. The van der Waals surface area contributed by atoms with Gasteiger partial charge in [-0.2, -0.15) is 0 Å². The Bertz CT molecular complexity index is 197. The normalized spacial score (nSPS) is 25.4. The van der Waals surface area contributed by atoms with Gasteiger partial charge in [0, 0.05) is 34.9 Å². The summed E-state index contributed by atoms with van der Waals surface area (Å²) in [5, 5.41) is 3.42. The van der Waals surface area contributed by atoms with Crippen LogP contribution in [-0.4, -0.2) is 28.3 Å². The zero-order valence-electron chi connectivity index (χ0n) is 8.84. The van der Waals surface area contributed by atoms with Crippen molar-refractivity contribution in [2.75, 3.05) is 18.1 Å². The summed E-state index contributed by atoms with van der Waals surface area (Å²) in [5.41, 5.74) is 0. The van der Waals surface area contributed by atoms with E-state index < -0.39 is 10.8 Å². The molecule has 0 bridgehead atoms. The lowest BCUT2D eigenvalue weighted by molar-refractivity contribution is 0.602. The molecule has 2 nitrogen and oxygen atoms in total. The van der Waals surface area contributed by atoms with Gasteiger partial charge in [0.2, 0.25) is 0 Å². The molecule has 1 unspecified atom stereocenters. The van der Waals surface area contributed by atoms with Gasteiger partial charge in [0.1, 0.15) is 0 Å². The zero-order chi connectivity index (χ0) is 9.80. The fraction of sp³-hybridized carbons (Fsp3) is 1.00. The number of hydrogen-bond acceptors (Lipinski definition) is 2. The first-order valence-corrected chi connectivity index (χ1v) is 7.42. The van der Waals surface area contributed by atoms with Crippen LogP contribution in [0.25, 0.3) is 0 Å². The molecule has 1 N–H and O–H groups in total. The molecular weight excluding hydrogens is 194 g/mol. The Balaban J connectivity index is 1.53. The quantitative estimate of drug-likeness (QED) is 0.730. The molecule has 0 aromatic heterocycles. The molecule has 2 aliphatic rings. The minimum atomic E-state index is -0.561. The Morgan fingerprint density at radius 1 is 1.14 bits per heavy atom. The lowest BCUT2D eigenvalue weighted by atomic mass is 10.1. The van der Waals surface area contributed by atoms with Crippen LogP contribution < -0.4 is 5.32 Å². The van der Waals surface area contributed by atoms with Crippen LogP contribution in [-0.2, 0) is 10.8 Å². The van der Waals surface area contributed by atoms with Crippen molar-refractivity contribution in [1.82, 2.24) is 5.32 Å². The molecule has 2 saturated carbocycles. The molecule has 0 radical (unpaired) electrons. The van der Waals surface area contributed by atoms with E-state index in [4.69, 9.17) is 0 Å². The second-order valence-electron chi connectivity index (χ2n) is 4.69. The molecule has 0 aromatic rings. The monoisotopic (exact) mass is 215 g/mol. The Kier molecular flexibility index (Phi) is 3.99. The van der Waals surface area contributed by atoms with E-state index in [9.17, 15) is 4.21 Å². The van der Waals surface area contributed by atoms with E-state index in [1.54, 1.807) is 0 Å². The highest BCUT2D eigenvalue weighted by atomic mass is 32.2. The maximum absolute atomic E-state index is 11.7. The van der Waals surface area contributed by atoms with E-state index >= 15 is 0 Å². The van der Waals surface area contributed by atoms with E-state index in [1.165, 1.54) is 38.5 Å². The summed E-state index contributed by atoms with van der Waals surface area (Å²) in [5.74, 6) is 2.61. The first-order chi connectivity index (χ1) is 6.84. The van der Waals surface area contributed by atoms with Gasteiger partial charge in [-0.3, -0.25) is 4.21 Å². The van der Waals surface area contributed by atoms with E-state index in [2.05, 4.69) is 5.32 Å². The van der Waals surface area contributed by atoms with Gasteiger partial charge in [-0.15, -0.1) is 0 Å². The zero-order valence-corrected chi connectivity index (χ0v) is 9.65. The smallest absolute Gasteiger partial charge is 0.0360 e. The lowest BCUT2D eigenvalue weighted by Crippen LogP contribution is -2.24. The Hall–Kier alpha value is 0.110. The van der Waals surface area contributed by atoms with Crippen molar-refractivity contribution in [3.8, 4) is 0 Å². The van der Waals surface area contributed by atoms with Crippen molar-refractivity contribution < 1.29 is 4.21 Å². The lowest BCUT2D eigenvalue weighted by Gasteiger charge is -2.08. The van der Waals surface area contributed by atoms with Gasteiger partial charge in [-0.25, -0.2) is 0 Å². The predicted octanol–water partition coefficient (Wildman–Crippen LogP) is 1.68. The maximum atomic E-state index is 11.7. The molecule has 2 aliphatic carbocycles. The third-order valence-corrected chi connectivity index (χ3v) is 4.74. The molecule has 2 fully saturated rings. The van der Waals surface area contributed by atoms with Crippen molar-refractivity contribution in [2.24, 2.45) is 5.92 Å². The molecule has 0 amide bonds. The summed E-state index contributed by atoms with van der Waals surface area (Å²) in [6, 6.07) is 0.762.